The molecule has 0 unspecified atom stereocenters. The number of aryl methyl sites for hydroxylation is 2. The van der Waals surface area contributed by atoms with E-state index in [9.17, 15) is 4.57 Å². The Morgan fingerprint density at radius 2 is 1.20 bits per heavy atom. The first-order valence-electron chi connectivity index (χ1n) is 8.27. The Kier molecular flexibility index (Phi) is 4.91. The SMILES string of the molecule is C=C=C(c1ccccc1)P(=O)(c1ccccc1C)c1ccccc1C. The van der Waals surface area contributed by atoms with Crippen LogP contribution in [0.5, 0.6) is 0 Å². The van der Waals surface area contributed by atoms with Crippen LogP contribution in [-0.4, -0.2) is 0 Å². The van der Waals surface area contributed by atoms with Crippen molar-refractivity contribution < 1.29 is 4.57 Å². The van der Waals surface area contributed by atoms with Gasteiger partial charge >= 0.3 is 0 Å². The predicted octanol–water partition coefficient (Wildman–Crippen LogP) is 5.44. The van der Waals surface area contributed by atoms with Crippen molar-refractivity contribution in [2.45, 2.75) is 13.8 Å². The van der Waals surface area contributed by atoms with Gasteiger partial charge in [0.05, 0.1) is 5.31 Å². The van der Waals surface area contributed by atoms with E-state index in [1.165, 1.54) is 0 Å². The maximum atomic E-state index is 14.7. The quantitative estimate of drug-likeness (QED) is 0.455. The molecule has 0 atom stereocenters. The molecule has 2 heteroatoms. The summed E-state index contributed by atoms with van der Waals surface area (Å²) in [4.78, 5) is 0. The largest absolute Gasteiger partial charge is 0.308 e. The van der Waals surface area contributed by atoms with Gasteiger partial charge < -0.3 is 4.57 Å². The number of benzene rings is 3. The highest BCUT2D eigenvalue weighted by Gasteiger charge is 2.35. The van der Waals surface area contributed by atoms with Crippen molar-refractivity contribution in [1.82, 2.24) is 0 Å². The fraction of sp³-hybridized carbons (Fsp3) is 0.0870. The topological polar surface area (TPSA) is 17.1 Å². The Hall–Kier alpha value is -2.59. The van der Waals surface area contributed by atoms with E-state index in [0.29, 0.717) is 5.31 Å². The zero-order chi connectivity index (χ0) is 17.9. The van der Waals surface area contributed by atoms with Gasteiger partial charge in [-0.1, -0.05) is 85.4 Å². The smallest absolute Gasteiger partial charge is 0.179 e. The summed E-state index contributed by atoms with van der Waals surface area (Å²) in [5.41, 5.74) is 5.93. The lowest BCUT2D eigenvalue weighted by Crippen LogP contribution is -2.21. The molecule has 0 spiro atoms. The van der Waals surface area contributed by atoms with E-state index in [-0.39, 0.29) is 0 Å². The van der Waals surface area contributed by atoms with E-state index in [1.807, 2.05) is 92.7 Å². The highest BCUT2D eigenvalue weighted by atomic mass is 31.2. The molecule has 0 saturated carbocycles. The summed E-state index contributed by atoms with van der Waals surface area (Å²) >= 11 is 0. The van der Waals surface area contributed by atoms with Crippen LogP contribution in [0.15, 0.2) is 91.2 Å². The third-order valence-electron chi connectivity index (χ3n) is 4.44. The van der Waals surface area contributed by atoms with Gasteiger partial charge in [0.15, 0.2) is 7.14 Å². The predicted molar refractivity (Wildman–Crippen MR) is 108 cm³/mol. The summed E-state index contributed by atoms with van der Waals surface area (Å²) in [6.07, 6.45) is 0. The number of rotatable bonds is 4. The number of hydrogen-bond donors (Lipinski definition) is 0. The monoisotopic (exact) mass is 344 g/mol. The summed E-state index contributed by atoms with van der Waals surface area (Å²) in [6, 6.07) is 25.6. The van der Waals surface area contributed by atoms with Crippen LogP contribution in [0.1, 0.15) is 16.7 Å². The average Bonchev–Trinajstić information content (AvgIpc) is 2.63. The molecular weight excluding hydrogens is 323 g/mol. The van der Waals surface area contributed by atoms with E-state index < -0.39 is 7.14 Å². The highest BCUT2D eigenvalue weighted by molar-refractivity contribution is 7.87. The van der Waals surface area contributed by atoms with Crippen molar-refractivity contribution in [3.05, 3.63) is 108 Å². The first-order valence-corrected chi connectivity index (χ1v) is 9.98. The summed E-state index contributed by atoms with van der Waals surface area (Å²) in [5, 5.41) is 2.36. The van der Waals surface area contributed by atoms with Crippen LogP contribution in [0, 0.1) is 13.8 Å². The molecule has 0 bridgehead atoms. The molecule has 0 N–H and O–H groups in total. The molecule has 0 saturated heterocycles. The van der Waals surface area contributed by atoms with Crippen molar-refractivity contribution in [2.75, 3.05) is 0 Å². The van der Waals surface area contributed by atoms with E-state index >= 15 is 0 Å². The minimum Gasteiger partial charge on any atom is -0.308 e. The van der Waals surface area contributed by atoms with Crippen LogP contribution in [0.4, 0.5) is 0 Å². The standard InChI is InChI=1S/C23H21OP/c1-4-21(20-14-6-5-7-15-20)25(24,22-16-10-8-12-18(22)2)23-17-11-9-13-19(23)3/h5-17H,1H2,2-3H3. The maximum absolute atomic E-state index is 14.7. The fourth-order valence-electron chi connectivity index (χ4n) is 3.20. The van der Waals surface area contributed by atoms with Gasteiger partial charge in [-0.2, -0.15) is 0 Å². The summed E-state index contributed by atoms with van der Waals surface area (Å²) in [5.74, 6) is 0. The van der Waals surface area contributed by atoms with Crippen LogP contribution >= 0.6 is 7.14 Å². The summed E-state index contributed by atoms with van der Waals surface area (Å²) < 4.78 is 14.7. The first-order chi connectivity index (χ1) is 12.1. The van der Waals surface area contributed by atoms with Crippen molar-refractivity contribution in [2.24, 2.45) is 0 Å². The maximum Gasteiger partial charge on any atom is 0.179 e. The average molecular weight is 344 g/mol. The zero-order valence-corrected chi connectivity index (χ0v) is 15.5. The van der Waals surface area contributed by atoms with Crippen molar-refractivity contribution >= 4 is 23.1 Å². The van der Waals surface area contributed by atoms with Gasteiger partial charge in [-0.05, 0) is 30.5 Å². The molecule has 0 aliphatic heterocycles. The van der Waals surface area contributed by atoms with Gasteiger partial charge in [0.2, 0.25) is 0 Å². The lowest BCUT2D eigenvalue weighted by molar-refractivity contribution is 0.592. The van der Waals surface area contributed by atoms with E-state index in [2.05, 4.69) is 12.3 Å². The molecule has 124 valence electrons. The molecule has 3 aromatic rings. The van der Waals surface area contributed by atoms with Gasteiger partial charge in [-0.15, -0.1) is 5.73 Å². The molecule has 0 aromatic heterocycles. The highest BCUT2D eigenvalue weighted by Crippen LogP contribution is 2.57. The lowest BCUT2D eigenvalue weighted by atomic mass is 10.2. The molecule has 0 amide bonds. The second-order valence-electron chi connectivity index (χ2n) is 6.07. The molecule has 0 heterocycles. The Bertz CT molecular complexity index is 946. The van der Waals surface area contributed by atoms with E-state index in [4.69, 9.17) is 0 Å². The van der Waals surface area contributed by atoms with Gasteiger partial charge in [-0.3, -0.25) is 0 Å². The molecule has 0 radical (unpaired) electrons. The number of hydrogen-bond acceptors (Lipinski definition) is 1. The Labute approximate surface area is 149 Å². The molecule has 0 aliphatic carbocycles. The van der Waals surface area contributed by atoms with E-state index in [1.54, 1.807) is 0 Å². The molecular formula is C23H21OP. The minimum atomic E-state index is -3.09. The van der Waals surface area contributed by atoms with Crippen molar-refractivity contribution in [3.8, 4) is 0 Å². The third kappa shape index (κ3) is 3.05. The second kappa shape index (κ2) is 7.11. The second-order valence-corrected chi connectivity index (χ2v) is 8.70. The minimum absolute atomic E-state index is 0.664. The Balaban J connectivity index is 2.39. The molecule has 0 fully saturated rings. The lowest BCUT2D eigenvalue weighted by Gasteiger charge is -2.24. The van der Waals surface area contributed by atoms with Gasteiger partial charge in [0, 0.05) is 10.6 Å². The van der Waals surface area contributed by atoms with E-state index in [0.717, 1.165) is 27.3 Å². The fourth-order valence-corrected chi connectivity index (χ4v) is 6.41. The van der Waals surface area contributed by atoms with Gasteiger partial charge in [0.25, 0.3) is 0 Å². The van der Waals surface area contributed by atoms with Crippen LogP contribution in [-0.2, 0) is 4.57 Å². The normalized spacial score (nSPS) is 11.0. The van der Waals surface area contributed by atoms with Crippen LogP contribution in [0.2, 0.25) is 0 Å². The molecule has 25 heavy (non-hydrogen) atoms. The third-order valence-corrected chi connectivity index (χ3v) is 7.85. The van der Waals surface area contributed by atoms with Crippen LogP contribution in [0.3, 0.4) is 0 Å². The summed E-state index contributed by atoms with van der Waals surface area (Å²) in [6.45, 7) is 7.89. The van der Waals surface area contributed by atoms with Crippen LogP contribution < -0.4 is 10.6 Å². The van der Waals surface area contributed by atoms with Crippen molar-refractivity contribution in [1.29, 1.82) is 0 Å². The molecule has 3 rings (SSSR count). The molecule has 0 aliphatic rings. The molecule has 3 aromatic carbocycles. The van der Waals surface area contributed by atoms with Crippen molar-refractivity contribution in [3.63, 3.8) is 0 Å². The Morgan fingerprint density at radius 3 is 1.64 bits per heavy atom. The van der Waals surface area contributed by atoms with Gasteiger partial charge in [0.1, 0.15) is 0 Å². The van der Waals surface area contributed by atoms with Crippen LogP contribution in [0.25, 0.3) is 5.31 Å². The Morgan fingerprint density at radius 1 is 0.760 bits per heavy atom. The van der Waals surface area contributed by atoms with Gasteiger partial charge in [-0.25, -0.2) is 0 Å². The zero-order valence-electron chi connectivity index (χ0n) is 14.6. The molecule has 1 nitrogen and oxygen atoms in total. The first kappa shape index (κ1) is 17.2. The summed E-state index contributed by atoms with van der Waals surface area (Å²) in [7, 11) is -3.09.